The number of urea groups is 1. The maximum absolute atomic E-state index is 13.5. The monoisotopic (exact) mass is 521 g/mol. The summed E-state index contributed by atoms with van der Waals surface area (Å²) in [7, 11) is 0. The quantitative estimate of drug-likeness (QED) is 0.314. The molecular weight excluding hydrogens is 490 g/mol. The van der Waals surface area contributed by atoms with Gasteiger partial charge >= 0.3 is 6.03 Å². The van der Waals surface area contributed by atoms with E-state index in [9.17, 15) is 24.4 Å². The normalized spacial score (nSPS) is 18.4. The van der Waals surface area contributed by atoms with Crippen LogP contribution in [-0.2, 0) is 14.4 Å². The van der Waals surface area contributed by atoms with Gasteiger partial charge in [0.25, 0.3) is 5.91 Å². The second-order valence-electron chi connectivity index (χ2n) is 9.46. The molecule has 2 fully saturated rings. The molecule has 5 N–H and O–H groups in total. The van der Waals surface area contributed by atoms with E-state index in [0.717, 1.165) is 24.0 Å². The van der Waals surface area contributed by atoms with Crippen molar-refractivity contribution >= 4 is 40.4 Å². The van der Waals surface area contributed by atoms with Gasteiger partial charge in [-0.25, -0.2) is 4.79 Å². The van der Waals surface area contributed by atoms with Crippen molar-refractivity contribution in [3.05, 3.63) is 41.4 Å². The van der Waals surface area contributed by atoms with E-state index < -0.39 is 23.6 Å². The Morgan fingerprint density at radius 1 is 1.13 bits per heavy atom. The molecular formula is C26H31N7O5. The van der Waals surface area contributed by atoms with E-state index in [4.69, 9.17) is 10.2 Å². The van der Waals surface area contributed by atoms with Gasteiger partial charge in [-0.15, -0.1) is 0 Å². The van der Waals surface area contributed by atoms with Gasteiger partial charge < -0.3 is 30.6 Å². The molecule has 2 saturated heterocycles. The number of carbonyl (C=O) groups excluding carboxylic acids is 4. The van der Waals surface area contributed by atoms with Crippen molar-refractivity contribution in [3.8, 4) is 6.07 Å². The highest BCUT2D eigenvalue weighted by atomic mass is 16.3. The summed E-state index contributed by atoms with van der Waals surface area (Å²) < 4.78 is 5.60. The Hall–Kier alpha value is -4.53. The highest BCUT2D eigenvalue weighted by molar-refractivity contribution is 6.06. The third-order valence-corrected chi connectivity index (χ3v) is 6.62. The molecule has 4 rings (SSSR count). The van der Waals surface area contributed by atoms with Crippen molar-refractivity contribution in [1.82, 2.24) is 20.4 Å². The first-order valence-electron chi connectivity index (χ1n) is 12.6. The van der Waals surface area contributed by atoms with Gasteiger partial charge in [0, 0.05) is 30.7 Å². The predicted molar refractivity (Wildman–Crippen MR) is 138 cm³/mol. The van der Waals surface area contributed by atoms with Crippen LogP contribution in [-0.4, -0.2) is 65.8 Å². The molecule has 12 heteroatoms. The highest BCUT2D eigenvalue weighted by Crippen LogP contribution is 2.24. The molecule has 0 spiro atoms. The molecule has 0 radical (unpaired) electrons. The first-order chi connectivity index (χ1) is 18.2. The Morgan fingerprint density at radius 2 is 1.87 bits per heavy atom. The minimum atomic E-state index is -1.12. The number of rotatable bonds is 7. The summed E-state index contributed by atoms with van der Waals surface area (Å²) in [6, 6.07) is 6.92. The lowest BCUT2D eigenvalue weighted by atomic mass is 10.1. The summed E-state index contributed by atoms with van der Waals surface area (Å²) >= 11 is 0. The van der Waals surface area contributed by atoms with Crippen molar-refractivity contribution in [2.45, 2.75) is 45.1 Å². The van der Waals surface area contributed by atoms with Crippen molar-refractivity contribution < 1.29 is 23.6 Å². The van der Waals surface area contributed by atoms with E-state index >= 15 is 0 Å². The fourth-order valence-electron chi connectivity index (χ4n) is 4.76. The number of aryl methyl sites for hydroxylation is 1. The van der Waals surface area contributed by atoms with E-state index in [1.807, 2.05) is 18.3 Å². The van der Waals surface area contributed by atoms with Crippen LogP contribution < -0.4 is 21.7 Å². The molecule has 1 atom stereocenters. The Bertz CT molecular complexity index is 1320. The summed E-state index contributed by atoms with van der Waals surface area (Å²) in [5, 5.41) is 18.5. The van der Waals surface area contributed by atoms with Crippen LogP contribution in [0.5, 0.6) is 0 Å². The summed E-state index contributed by atoms with van der Waals surface area (Å²) in [5.41, 5.74) is 5.82. The molecule has 0 aliphatic carbocycles. The molecule has 200 valence electrons. The molecule has 0 unspecified atom stereocenters. The lowest BCUT2D eigenvalue weighted by molar-refractivity contribution is -0.140. The number of furan rings is 1. The van der Waals surface area contributed by atoms with Crippen LogP contribution in [0.25, 0.3) is 11.0 Å². The smallest absolute Gasteiger partial charge is 0.319 e. The molecule has 12 nitrogen and oxygen atoms in total. The second-order valence-corrected chi connectivity index (χ2v) is 9.46. The summed E-state index contributed by atoms with van der Waals surface area (Å²) in [6.07, 6.45) is 3.75. The first kappa shape index (κ1) is 26.5. The molecule has 1 aromatic heterocycles. The Balaban J connectivity index is 1.61. The number of likely N-dealkylation sites (tertiary alicyclic amines) is 2. The zero-order valence-corrected chi connectivity index (χ0v) is 21.2. The number of nitrogens with two attached hydrogens (primary N) is 1. The number of amides is 5. The fraction of sp³-hybridized carbons (Fsp3) is 0.423. The van der Waals surface area contributed by atoms with Gasteiger partial charge in [-0.2, -0.15) is 5.26 Å². The third kappa shape index (κ3) is 6.23. The average molecular weight is 522 g/mol. The standard InChI is InChI=1S/C26H31N7O5/c1-16-12-17-13-18(7-8-21(17)38-16)29-23(19(14-27)24(35)31-26(28)37)30-20-6-2-3-11-33(25(20)36)15-22(34)32-9-4-5-10-32/h7-8,12-13,20,29-30H,2-6,9-11,15H2,1H3,(H3,28,31,35,37)/b23-19+/t20-/m0/s1. The van der Waals surface area contributed by atoms with E-state index in [1.54, 1.807) is 29.2 Å². The minimum Gasteiger partial charge on any atom is -0.461 e. The number of hydrogen-bond acceptors (Lipinski definition) is 8. The summed E-state index contributed by atoms with van der Waals surface area (Å²) in [6.45, 7) is 3.63. The zero-order valence-electron chi connectivity index (χ0n) is 21.2. The van der Waals surface area contributed by atoms with Gasteiger partial charge in [-0.3, -0.25) is 19.7 Å². The predicted octanol–water partition coefficient (Wildman–Crippen LogP) is 1.68. The fourth-order valence-corrected chi connectivity index (χ4v) is 4.76. The number of nitriles is 1. The Kier molecular flexibility index (Phi) is 8.15. The van der Waals surface area contributed by atoms with Crippen molar-refractivity contribution in [2.24, 2.45) is 5.73 Å². The molecule has 2 aliphatic heterocycles. The van der Waals surface area contributed by atoms with Gasteiger partial charge in [-0.1, -0.05) is 0 Å². The number of carbonyl (C=O) groups is 4. The molecule has 5 amide bonds. The van der Waals surface area contributed by atoms with Crippen LogP contribution >= 0.6 is 0 Å². The topological polar surface area (TPSA) is 174 Å². The minimum absolute atomic E-state index is 0.0206. The SMILES string of the molecule is Cc1cc2cc(N/C(N[C@H]3CCCCN(CC(=O)N4CCCC4)C3=O)=C(/C#N)C(=O)NC(N)=O)ccc2o1. The van der Waals surface area contributed by atoms with E-state index in [2.05, 4.69) is 10.6 Å². The van der Waals surface area contributed by atoms with E-state index in [1.165, 1.54) is 4.90 Å². The largest absolute Gasteiger partial charge is 0.461 e. The van der Waals surface area contributed by atoms with Crippen LogP contribution in [0.4, 0.5) is 10.5 Å². The number of anilines is 1. The number of benzene rings is 1. The number of imide groups is 1. The van der Waals surface area contributed by atoms with Crippen LogP contribution in [0.3, 0.4) is 0 Å². The lowest BCUT2D eigenvalue weighted by Gasteiger charge is -2.28. The van der Waals surface area contributed by atoms with E-state index in [0.29, 0.717) is 50.2 Å². The second kappa shape index (κ2) is 11.7. The average Bonchev–Trinajstić information content (AvgIpc) is 3.50. The number of primary amides is 1. The molecule has 3 heterocycles. The molecule has 0 saturated carbocycles. The first-order valence-corrected chi connectivity index (χ1v) is 12.6. The summed E-state index contributed by atoms with van der Waals surface area (Å²) in [5.74, 6) is -0.748. The Morgan fingerprint density at radius 3 is 2.58 bits per heavy atom. The van der Waals surface area contributed by atoms with Crippen molar-refractivity contribution in [2.75, 3.05) is 31.5 Å². The van der Waals surface area contributed by atoms with Gasteiger partial charge in [0.1, 0.15) is 29.3 Å². The van der Waals surface area contributed by atoms with Gasteiger partial charge in [0.2, 0.25) is 11.8 Å². The number of nitrogens with zero attached hydrogens (tertiary/aromatic N) is 3. The van der Waals surface area contributed by atoms with Crippen LogP contribution in [0.15, 0.2) is 40.1 Å². The van der Waals surface area contributed by atoms with Crippen LogP contribution in [0, 0.1) is 18.3 Å². The van der Waals surface area contributed by atoms with Gasteiger partial charge in [0.05, 0.1) is 6.54 Å². The molecule has 38 heavy (non-hydrogen) atoms. The zero-order chi connectivity index (χ0) is 27.2. The van der Waals surface area contributed by atoms with Gasteiger partial charge in [-0.05, 0) is 63.3 Å². The lowest BCUT2D eigenvalue weighted by Crippen LogP contribution is -2.49. The summed E-state index contributed by atoms with van der Waals surface area (Å²) in [4.78, 5) is 53.5. The van der Waals surface area contributed by atoms with Gasteiger partial charge in [0.15, 0.2) is 5.57 Å². The van der Waals surface area contributed by atoms with Crippen molar-refractivity contribution in [3.63, 3.8) is 0 Å². The molecule has 2 aliphatic rings. The number of fused-ring (bicyclic) bond motifs is 1. The third-order valence-electron chi connectivity index (χ3n) is 6.62. The van der Waals surface area contributed by atoms with Crippen molar-refractivity contribution in [1.29, 1.82) is 5.26 Å². The molecule has 1 aromatic carbocycles. The number of hydrogen-bond donors (Lipinski definition) is 4. The van der Waals surface area contributed by atoms with Crippen LogP contribution in [0.2, 0.25) is 0 Å². The van der Waals surface area contributed by atoms with Crippen LogP contribution in [0.1, 0.15) is 37.9 Å². The van der Waals surface area contributed by atoms with E-state index in [-0.39, 0.29) is 24.2 Å². The molecule has 2 aromatic rings. The Labute approximate surface area is 219 Å². The molecule has 0 bridgehead atoms. The highest BCUT2D eigenvalue weighted by Gasteiger charge is 2.31. The maximum atomic E-state index is 13.5. The number of nitrogens with one attached hydrogen (secondary N) is 3. The maximum Gasteiger partial charge on any atom is 0.319 e.